The van der Waals surface area contributed by atoms with E-state index in [-0.39, 0.29) is 39.9 Å². The fourth-order valence-corrected chi connectivity index (χ4v) is 4.31. The molecule has 1 fully saturated rings. The van der Waals surface area contributed by atoms with Crippen molar-refractivity contribution in [2.45, 2.75) is 37.5 Å². The first kappa shape index (κ1) is 26.3. The van der Waals surface area contributed by atoms with Crippen molar-refractivity contribution in [2.75, 3.05) is 12.0 Å². The molecule has 184 valence electrons. The number of aromatic nitrogens is 1. The highest BCUT2D eigenvalue weighted by Crippen LogP contribution is 2.35. The highest BCUT2D eigenvalue weighted by molar-refractivity contribution is 7.89. The van der Waals surface area contributed by atoms with Gasteiger partial charge in [-0.3, -0.25) is 9.59 Å². The average molecular weight is 516 g/mol. The van der Waals surface area contributed by atoms with Crippen LogP contribution in [0.2, 0.25) is 0 Å². The van der Waals surface area contributed by atoms with Gasteiger partial charge in [0.2, 0.25) is 17.7 Å². The summed E-state index contributed by atoms with van der Waals surface area (Å²) >= 11 is 4.77. The van der Waals surface area contributed by atoms with Crippen molar-refractivity contribution in [1.29, 1.82) is 0 Å². The van der Waals surface area contributed by atoms with Crippen molar-refractivity contribution in [3.8, 4) is 11.8 Å². The third-order valence-corrected chi connectivity index (χ3v) is 6.68. The molecule has 0 saturated carbocycles. The highest BCUT2D eigenvalue weighted by Gasteiger charge is 2.38. The zero-order chi connectivity index (χ0) is 25.9. The van der Waals surface area contributed by atoms with E-state index in [1.165, 1.54) is 31.4 Å². The summed E-state index contributed by atoms with van der Waals surface area (Å²) < 4.78 is 20.5. The summed E-state index contributed by atoms with van der Waals surface area (Å²) in [7, 11) is 1.31. The number of carbonyl (C=O) groups is 2. The van der Waals surface area contributed by atoms with Gasteiger partial charge in [-0.15, -0.1) is 0 Å². The Kier molecular flexibility index (Phi) is 7.94. The Bertz CT molecular complexity index is 1220. The normalized spacial score (nSPS) is 16.6. The molecule has 0 bridgehead atoms. The number of halogens is 1. The third kappa shape index (κ3) is 6.05. The quantitative estimate of drug-likeness (QED) is 0.245. The fraction of sp³-hybridized carbons (Fsp3) is 0.240. The highest BCUT2D eigenvalue weighted by atomic mass is 35.5. The molecule has 0 spiro atoms. The number of imide groups is 1. The van der Waals surface area contributed by atoms with Crippen LogP contribution in [0.1, 0.15) is 32.8 Å². The number of aromatic hydroxyl groups is 1. The molecule has 1 aromatic heterocycles. The van der Waals surface area contributed by atoms with E-state index in [0.717, 1.165) is 10.5 Å². The summed E-state index contributed by atoms with van der Waals surface area (Å²) in [4.78, 5) is 30.7. The van der Waals surface area contributed by atoms with Crippen LogP contribution in [-0.2, 0) is 26.4 Å². The number of anilines is 1. The van der Waals surface area contributed by atoms with E-state index < -0.39 is 23.2 Å². The topological polar surface area (TPSA) is 115 Å². The van der Waals surface area contributed by atoms with Gasteiger partial charge in [-0.2, -0.15) is 4.98 Å². The summed E-state index contributed by atoms with van der Waals surface area (Å²) in [6.07, 6.45) is 2.66. The zero-order valence-electron chi connectivity index (χ0n) is 19.8. The molecule has 1 unspecified atom stereocenters. The van der Waals surface area contributed by atoms with E-state index in [1.54, 1.807) is 12.1 Å². The molecule has 1 atom stereocenters. The molecule has 3 rings (SSSR count). The Labute approximate surface area is 212 Å². The van der Waals surface area contributed by atoms with Gasteiger partial charge in [-0.25, -0.2) is 9.62 Å². The molecule has 2 N–H and O–H groups in total. The number of rotatable bonds is 7. The van der Waals surface area contributed by atoms with Crippen LogP contribution in [0.15, 0.2) is 76.3 Å². The molecular weight excluding hydrogens is 490 g/mol. The first-order valence-corrected chi connectivity index (χ1v) is 12.1. The molecule has 1 aromatic carbocycles. The maximum atomic E-state index is 12.9. The number of allylic oxidation sites excluding steroid dienone is 3. The summed E-state index contributed by atoms with van der Waals surface area (Å²) in [5, 5.41) is 9.57. The van der Waals surface area contributed by atoms with Crippen LogP contribution in [0.25, 0.3) is 0 Å². The molecule has 2 aromatic rings. The summed E-state index contributed by atoms with van der Waals surface area (Å²) in [6, 6.07) is 10.1. The van der Waals surface area contributed by atoms with Gasteiger partial charge < -0.3 is 14.4 Å². The molecule has 2 amide bonds. The van der Waals surface area contributed by atoms with E-state index in [0.29, 0.717) is 10.6 Å². The minimum atomic E-state index is -1.54. The molecule has 1 saturated heterocycles. The van der Waals surface area contributed by atoms with E-state index in [2.05, 4.69) is 37.1 Å². The minimum Gasteiger partial charge on any atom is -0.588 e. The molecule has 35 heavy (non-hydrogen) atoms. The smallest absolute Gasteiger partial charge is 0.263 e. The minimum absolute atomic E-state index is 0.0113. The van der Waals surface area contributed by atoms with Crippen LogP contribution < -0.4 is 14.4 Å². The molecular formula is C25H26ClN3O5S. The number of hydrogen-bond donors (Lipinski definition) is 2. The lowest BCUT2D eigenvalue weighted by atomic mass is 9.87. The predicted octanol–water partition coefficient (Wildman–Crippen LogP) is 4.23. The second kappa shape index (κ2) is 10.6. The zero-order valence-corrected chi connectivity index (χ0v) is 21.4. The fourth-order valence-electron chi connectivity index (χ4n) is 3.29. The average Bonchev–Trinajstić information content (AvgIpc) is 3.10. The van der Waals surface area contributed by atoms with E-state index >= 15 is 0 Å². The van der Waals surface area contributed by atoms with Crippen molar-refractivity contribution in [1.82, 2.24) is 9.71 Å². The Morgan fingerprint density at radius 3 is 2.49 bits per heavy atom. The van der Waals surface area contributed by atoms with Crippen LogP contribution in [0.3, 0.4) is 0 Å². The van der Waals surface area contributed by atoms with Gasteiger partial charge in [-0.1, -0.05) is 51.1 Å². The maximum Gasteiger partial charge on any atom is 0.263 e. The van der Waals surface area contributed by atoms with Gasteiger partial charge in [0, 0.05) is 16.7 Å². The Hall–Kier alpha value is -3.27. The Morgan fingerprint density at radius 2 is 1.89 bits per heavy atom. The summed E-state index contributed by atoms with van der Waals surface area (Å²) in [5.74, 6) is -1.53. The van der Waals surface area contributed by atoms with Crippen molar-refractivity contribution in [2.24, 2.45) is 0 Å². The van der Waals surface area contributed by atoms with Crippen LogP contribution in [-0.4, -0.2) is 33.6 Å². The van der Waals surface area contributed by atoms with E-state index in [1.807, 2.05) is 12.1 Å². The number of benzene rings is 1. The predicted molar refractivity (Wildman–Crippen MR) is 135 cm³/mol. The second-order valence-electron chi connectivity index (χ2n) is 8.74. The molecule has 2 heterocycles. The van der Waals surface area contributed by atoms with Gasteiger partial charge in [0.15, 0.2) is 4.90 Å². The van der Waals surface area contributed by atoms with Crippen molar-refractivity contribution in [3.63, 3.8) is 0 Å². The van der Waals surface area contributed by atoms with Gasteiger partial charge >= 0.3 is 0 Å². The lowest BCUT2D eigenvalue weighted by Gasteiger charge is -2.19. The number of carbonyl (C=O) groups excluding carboxylic acids is 2. The lowest BCUT2D eigenvalue weighted by Crippen LogP contribution is -2.29. The number of hydrogen-bond acceptors (Lipinski definition) is 7. The third-order valence-electron chi connectivity index (χ3n) is 5.18. The lowest BCUT2D eigenvalue weighted by molar-refractivity contribution is -0.120. The second-order valence-corrected chi connectivity index (χ2v) is 10.4. The molecule has 0 radical (unpaired) electrons. The van der Waals surface area contributed by atoms with Gasteiger partial charge in [-0.05, 0) is 41.3 Å². The van der Waals surface area contributed by atoms with Gasteiger partial charge in [0.25, 0.3) is 5.91 Å². The van der Waals surface area contributed by atoms with Crippen molar-refractivity contribution >= 4 is 40.5 Å². The van der Waals surface area contributed by atoms with Crippen LogP contribution in [0, 0.1) is 0 Å². The first-order chi connectivity index (χ1) is 16.4. The Morgan fingerprint density at radius 1 is 1.23 bits per heavy atom. The van der Waals surface area contributed by atoms with Gasteiger partial charge in [0.1, 0.15) is 17.0 Å². The number of methoxy groups -OCH3 is 1. The van der Waals surface area contributed by atoms with Crippen molar-refractivity contribution in [3.05, 3.63) is 77.0 Å². The monoisotopic (exact) mass is 515 g/mol. The van der Waals surface area contributed by atoms with Crippen LogP contribution in [0.5, 0.6) is 11.8 Å². The SMILES string of the molecule is C=C(/C=C\C(Cl)=C1/CC(=O)N(c2ccc(O)nc2OC)C1=O)N[S+]([O-])c1ccc(C(C)(C)C)cc1. The van der Waals surface area contributed by atoms with Crippen molar-refractivity contribution < 1.29 is 24.0 Å². The maximum absolute atomic E-state index is 12.9. The largest absolute Gasteiger partial charge is 0.588 e. The number of nitrogens with zero attached hydrogens (tertiary/aromatic N) is 2. The number of pyridine rings is 1. The molecule has 0 aliphatic carbocycles. The first-order valence-electron chi connectivity index (χ1n) is 10.6. The van der Waals surface area contributed by atoms with E-state index in [9.17, 15) is 19.2 Å². The molecule has 1 aliphatic heterocycles. The van der Waals surface area contributed by atoms with Gasteiger partial charge in [0.05, 0.1) is 19.2 Å². The number of nitrogens with one attached hydrogen (secondary N) is 1. The number of amides is 2. The summed E-state index contributed by atoms with van der Waals surface area (Å²) in [6.45, 7) is 10.1. The molecule has 10 heteroatoms. The van der Waals surface area contributed by atoms with Crippen LogP contribution >= 0.6 is 11.6 Å². The summed E-state index contributed by atoms with van der Waals surface area (Å²) in [5.41, 5.74) is 1.60. The molecule has 1 aliphatic rings. The number of ether oxygens (including phenoxy) is 1. The molecule has 8 nitrogen and oxygen atoms in total. The standard InChI is InChI=1S/C25H26ClN3O5S/c1-15(28-35(33)17-9-7-16(8-10-17)25(2,3)4)6-11-19(26)18-14-22(31)29(24(18)32)20-12-13-21(30)27-23(20)34-5/h6-13,28H,1,14H2,2-5H3,(H,27,30)/b11-6-,19-18-. The Balaban J connectivity index is 1.71. The van der Waals surface area contributed by atoms with E-state index in [4.69, 9.17) is 16.3 Å². The van der Waals surface area contributed by atoms with Crippen LogP contribution in [0.4, 0.5) is 5.69 Å².